The molecule has 2 nitrogen and oxygen atoms in total. The van der Waals surface area contributed by atoms with Crippen molar-refractivity contribution in [2.24, 2.45) is 5.92 Å². The average molecular weight is 238 g/mol. The SMILES string of the molecule is CC(C)CNCc1csc(C2CCCC2)n1. The first-order chi connectivity index (χ1) is 7.75. The van der Waals surface area contributed by atoms with Gasteiger partial charge in [-0.05, 0) is 25.3 Å². The molecule has 0 unspecified atom stereocenters. The highest BCUT2D eigenvalue weighted by Crippen LogP contribution is 2.35. The Hall–Kier alpha value is -0.410. The van der Waals surface area contributed by atoms with Crippen molar-refractivity contribution in [2.75, 3.05) is 6.54 Å². The van der Waals surface area contributed by atoms with E-state index in [-0.39, 0.29) is 0 Å². The summed E-state index contributed by atoms with van der Waals surface area (Å²) in [5.74, 6) is 1.48. The van der Waals surface area contributed by atoms with Crippen LogP contribution in [0.2, 0.25) is 0 Å². The van der Waals surface area contributed by atoms with Crippen LogP contribution < -0.4 is 5.32 Å². The van der Waals surface area contributed by atoms with Crippen molar-refractivity contribution >= 4 is 11.3 Å². The molecular formula is C13H22N2S. The van der Waals surface area contributed by atoms with Crippen LogP contribution >= 0.6 is 11.3 Å². The highest BCUT2D eigenvalue weighted by Gasteiger charge is 2.19. The third-order valence-electron chi connectivity index (χ3n) is 3.13. The second-order valence-electron chi connectivity index (χ2n) is 5.18. The van der Waals surface area contributed by atoms with E-state index in [4.69, 9.17) is 4.98 Å². The maximum absolute atomic E-state index is 4.75. The summed E-state index contributed by atoms with van der Waals surface area (Å²) in [5.41, 5.74) is 1.23. The molecule has 1 aliphatic rings. The number of aromatic nitrogens is 1. The van der Waals surface area contributed by atoms with Crippen LogP contribution in [-0.4, -0.2) is 11.5 Å². The maximum Gasteiger partial charge on any atom is 0.0959 e. The molecule has 0 saturated heterocycles. The van der Waals surface area contributed by atoms with Crippen LogP contribution in [0.3, 0.4) is 0 Å². The van der Waals surface area contributed by atoms with E-state index in [1.54, 1.807) is 0 Å². The fourth-order valence-corrected chi connectivity index (χ4v) is 3.24. The molecule has 3 heteroatoms. The van der Waals surface area contributed by atoms with Gasteiger partial charge in [0, 0.05) is 17.8 Å². The lowest BCUT2D eigenvalue weighted by molar-refractivity contribution is 0.548. The van der Waals surface area contributed by atoms with Crippen LogP contribution in [-0.2, 0) is 6.54 Å². The van der Waals surface area contributed by atoms with Crippen LogP contribution in [0.1, 0.15) is 56.2 Å². The van der Waals surface area contributed by atoms with Gasteiger partial charge in [-0.1, -0.05) is 26.7 Å². The van der Waals surface area contributed by atoms with Gasteiger partial charge < -0.3 is 5.32 Å². The Morgan fingerprint density at radius 1 is 1.44 bits per heavy atom. The lowest BCUT2D eigenvalue weighted by Crippen LogP contribution is -2.19. The van der Waals surface area contributed by atoms with Crippen molar-refractivity contribution < 1.29 is 0 Å². The molecule has 1 fully saturated rings. The predicted molar refractivity (Wildman–Crippen MR) is 69.9 cm³/mol. The number of thiazole rings is 1. The van der Waals surface area contributed by atoms with Gasteiger partial charge in [0.05, 0.1) is 10.7 Å². The lowest BCUT2D eigenvalue weighted by Gasteiger charge is -2.05. The summed E-state index contributed by atoms with van der Waals surface area (Å²) in [6.07, 6.45) is 5.50. The third-order valence-corrected chi connectivity index (χ3v) is 4.19. The monoisotopic (exact) mass is 238 g/mol. The minimum atomic E-state index is 0.716. The maximum atomic E-state index is 4.75. The van der Waals surface area contributed by atoms with Crippen molar-refractivity contribution in [1.29, 1.82) is 0 Å². The van der Waals surface area contributed by atoms with Crippen molar-refractivity contribution in [1.82, 2.24) is 10.3 Å². The van der Waals surface area contributed by atoms with Gasteiger partial charge in [-0.15, -0.1) is 11.3 Å². The van der Waals surface area contributed by atoms with Gasteiger partial charge >= 0.3 is 0 Å². The van der Waals surface area contributed by atoms with Crippen molar-refractivity contribution in [3.05, 3.63) is 16.1 Å². The largest absolute Gasteiger partial charge is 0.311 e. The normalized spacial score (nSPS) is 17.4. The van der Waals surface area contributed by atoms with E-state index in [2.05, 4.69) is 24.5 Å². The number of nitrogens with one attached hydrogen (secondary N) is 1. The van der Waals surface area contributed by atoms with E-state index in [1.165, 1.54) is 36.4 Å². The fourth-order valence-electron chi connectivity index (χ4n) is 2.25. The Kier molecular flexibility index (Phi) is 4.36. The Morgan fingerprint density at radius 3 is 2.88 bits per heavy atom. The number of hydrogen-bond acceptors (Lipinski definition) is 3. The standard InChI is InChI=1S/C13H22N2S/c1-10(2)7-14-8-12-9-16-13(15-12)11-5-3-4-6-11/h9-11,14H,3-8H2,1-2H3. The summed E-state index contributed by atoms with van der Waals surface area (Å²) < 4.78 is 0. The molecular weight excluding hydrogens is 216 g/mol. The van der Waals surface area contributed by atoms with Crippen molar-refractivity contribution in [2.45, 2.75) is 52.0 Å². The highest BCUT2D eigenvalue weighted by molar-refractivity contribution is 7.09. The molecule has 0 amide bonds. The zero-order valence-corrected chi connectivity index (χ0v) is 11.1. The van der Waals surface area contributed by atoms with E-state index in [0.717, 1.165) is 19.0 Å². The topological polar surface area (TPSA) is 24.9 Å². The zero-order chi connectivity index (χ0) is 11.4. The summed E-state index contributed by atoms with van der Waals surface area (Å²) in [6, 6.07) is 0. The fraction of sp³-hybridized carbons (Fsp3) is 0.769. The van der Waals surface area contributed by atoms with Gasteiger partial charge in [0.2, 0.25) is 0 Å². The first-order valence-corrected chi connectivity index (χ1v) is 7.28. The van der Waals surface area contributed by atoms with E-state index in [1.807, 2.05) is 11.3 Å². The molecule has 0 aromatic carbocycles. The molecule has 1 aromatic heterocycles. The van der Waals surface area contributed by atoms with Gasteiger partial charge in [0.25, 0.3) is 0 Å². The molecule has 0 spiro atoms. The molecule has 1 heterocycles. The average Bonchev–Trinajstić information content (AvgIpc) is 2.85. The van der Waals surface area contributed by atoms with E-state index < -0.39 is 0 Å². The Balaban J connectivity index is 1.82. The van der Waals surface area contributed by atoms with Crippen LogP contribution in [0.15, 0.2) is 5.38 Å². The zero-order valence-electron chi connectivity index (χ0n) is 10.3. The molecule has 0 bridgehead atoms. The van der Waals surface area contributed by atoms with Crippen LogP contribution in [0.5, 0.6) is 0 Å². The second-order valence-corrected chi connectivity index (χ2v) is 6.07. The van der Waals surface area contributed by atoms with Crippen molar-refractivity contribution in [3.63, 3.8) is 0 Å². The minimum absolute atomic E-state index is 0.716. The van der Waals surface area contributed by atoms with Crippen molar-refractivity contribution in [3.8, 4) is 0 Å². The Labute approximate surface area is 102 Å². The number of hydrogen-bond donors (Lipinski definition) is 1. The van der Waals surface area contributed by atoms with Gasteiger partial charge in [-0.2, -0.15) is 0 Å². The molecule has 0 aliphatic heterocycles. The van der Waals surface area contributed by atoms with E-state index in [0.29, 0.717) is 5.92 Å². The van der Waals surface area contributed by atoms with Gasteiger partial charge in [0.15, 0.2) is 0 Å². The number of nitrogens with zero attached hydrogens (tertiary/aromatic N) is 1. The van der Waals surface area contributed by atoms with Crippen LogP contribution in [0, 0.1) is 5.92 Å². The molecule has 0 radical (unpaired) electrons. The molecule has 0 atom stereocenters. The molecule has 1 saturated carbocycles. The van der Waals surface area contributed by atoms with Gasteiger partial charge in [0.1, 0.15) is 0 Å². The first-order valence-electron chi connectivity index (χ1n) is 6.40. The second kappa shape index (κ2) is 5.78. The lowest BCUT2D eigenvalue weighted by atomic mass is 10.1. The summed E-state index contributed by atoms with van der Waals surface area (Å²) in [5, 5.41) is 7.05. The summed E-state index contributed by atoms with van der Waals surface area (Å²) in [6.45, 7) is 6.48. The summed E-state index contributed by atoms with van der Waals surface area (Å²) in [7, 11) is 0. The third kappa shape index (κ3) is 3.29. The molecule has 1 aromatic rings. The Morgan fingerprint density at radius 2 is 2.19 bits per heavy atom. The van der Waals surface area contributed by atoms with E-state index in [9.17, 15) is 0 Å². The molecule has 90 valence electrons. The Bertz CT molecular complexity index is 313. The first kappa shape index (κ1) is 12.1. The van der Waals surface area contributed by atoms with Gasteiger partial charge in [-0.3, -0.25) is 0 Å². The minimum Gasteiger partial charge on any atom is -0.311 e. The van der Waals surface area contributed by atoms with Gasteiger partial charge in [-0.25, -0.2) is 4.98 Å². The molecule has 1 N–H and O–H groups in total. The molecule has 1 aliphatic carbocycles. The van der Waals surface area contributed by atoms with E-state index >= 15 is 0 Å². The quantitative estimate of drug-likeness (QED) is 0.848. The molecule has 2 rings (SSSR count). The predicted octanol–water partition coefficient (Wildman–Crippen LogP) is 3.55. The smallest absolute Gasteiger partial charge is 0.0959 e. The van der Waals surface area contributed by atoms with Crippen LogP contribution in [0.4, 0.5) is 0 Å². The summed E-state index contributed by atoms with van der Waals surface area (Å²) in [4.78, 5) is 4.75. The summed E-state index contributed by atoms with van der Waals surface area (Å²) >= 11 is 1.85. The highest BCUT2D eigenvalue weighted by atomic mass is 32.1. The van der Waals surface area contributed by atoms with Crippen LogP contribution in [0.25, 0.3) is 0 Å². The number of rotatable bonds is 5. The molecule has 16 heavy (non-hydrogen) atoms.